The molecule has 1 aliphatic rings. The molecule has 1 amide bonds. The fraction of sp³-hybridized carbons (Fsp3) is 0.368. The number of ether oxygens (including phenoxy) is 1. The molecule has 7 nitrogen and oxygen atoms in total. The van der Waals surface area contributed by atoms with Gasteiger partial charge in [0.25, 0.3) is 5.91 Å². The first kappa shape index (κ1) is 19.1. The van der Waals surface area contributed by atoms with Gasteiger partial charge in [0.15, 0.2) is 17.3 Å². The number of Topliss-reactive ketones (excluding diaryl/α,β-unsaturated/α-hetero) is 1. The number of hydrogen-bond donors (Lipinski definition) is 4. The fourth-order valence-corrected chi connectivity index (χ4v) is 3.04. The quantitative estimate of drug-likeness (QED) is 0.528. The Morgan fingerprint density at radius 1 is 1.30 bits per heavy atom. The first-order chi connectivity index (χ1) is 13.1. The first-order valence-electron chi connectivity index (χ1n) is 8.89. The standard InChI is InChI=1S/C19H22FN3O4/c20-14-10-12(4-5-17(14)27-9-7-21-6-8-24)23-19(26)13-11-22-15-2-1-3-16(25)18(13)15/h4-5,10-11,21-22,24H,1-3,6-9H2,(H,23,26). The molecule has 0 fully saturated rings. The van der Waals surface area contributed by atoms with E-state index < -0.39 is 11.7 Å². The summed E-state index contributed by atoms with van der Waals surface area (Å²) in [5.41, 5.74) is 1.78. The highest BCUT2D eigenvalue weighted by molar-refractivity contribution is 6.13. The summed E-state index contributed by atoms with van der Waals surface area (Å²) in [5.74, 6) is -1.02. The number of benzene rings is 1. The molecule has 1 aromatic carbocycles. The van der Waals surface area contributed by atoms with Crippen molar-refractivity contribution in [3.8, 4) is 5.75 Å². The Hall–Kier alpha value is -2.71. The molecule has 2 aromatic rings. The molecule has 0 bridgehead atoms. The number of fused-ring (bicyclic) bond motifs is 1. The number of carbonyl (C=O) groups is 2. The van der Waals surface area contributed by atoms with Gasteiger partial charge in [0.2, 0.25) is 0 Å². The summed E-state index contributed by atoms with van der Waals surface area (Å²) in [6, 6.07) is 4.16. The highest BCUT2D eigenvalue weighted by atomic mass is 19.1. The molecule has 0 radical (unpaired) electrons. The van der Waals surface area contributed by atoms with Crippen LogP contribution in [0.5, 0.6) is 5.75 Å². The van der Waals surface area contributed by atoms with Gasteiger partial charge in [-0.3, -0.25) is 9.59 Å². The van der Waals surface area contributed by atoms with Crippen LogP contribution in [0.2, 0.25) is 0 Å². The normalized spacial score (nSPS) is 13.3. The Labute approximate surface area is 155 Å². The summed E-state index contributed by atoms with van der Waals surface area (Å²) in [5, 5.41) is 14.2. The number of aliphatic hydroxyl groups excluding tert-OH is 1. The summed E-state index contributed by atoms with van der Waals surface area (Å²) in [6.45, 7) is 1.20. The third-order valence-electron chi connectivity index (χ3n) is 4.33. The van der Waals surface area contributed by atoms with E-state index in [1.165, 1.54) is 18.3 Å². The molecule has 0 atom stereocenters. The van der Waals surface area contributed by atoms with Crippen LogP contribution in [0.25, 0.3) is 0 Å². The predicted molar refractivity (Wildman–Crippen MR) is 97.9 cm³/mol. The molecule has 0 aliphatic heterocycles. The van der Waals surface area contributed by atoms with Crippen molar-refractivity contribution < 1.29 is 23.8 Å². The third kappa shape index (κ3) is 4.53. The molecule has 3 rings (SSSR count). The summed E-state index contributed by atoms with van der Waals surface area (Å²) in [7, 11) is 0. The van der Waals surface area contributed by atoms with Crippen molar-refractivity contribution >= 4 is 17.4 Å². The topological polar surface area (TPSA) is 103 Å². The van der Waals surface area contributed by atoms with Gasteiger partial charge in [-0.2, -0.15) is 0 Å². The second kappa shape index (κ2) is 8.79. The molecular weight excluding hydrogens is 353 g/mol. The van der Waals surface area contributed by atoms with Crippen molar-refractivity contribution in [2.45, 2.75) is 19.3 Å². The number of amides is 1. The molecule has 0 saturated heterocycles. The monoisotopic (exact) mass is 375 g/mol. The van der Waals surface area contributed by atoms with E-state index in [1.54, 1.807) is 6.07 Å². The molecular formula is C19H22FN3O4. The summed E-state index contributed by atoms with van der Waals surface area (Å²) >= 11 is 0. The SMILES string of the molecule is O=C(Nc1ccc(OCCNCCO)c(F)c1)c1c[nH]c2c1C(=O)CCC2. The predicted octanol–water partition coefficient (Wildman–Crippen LogP) is 1.89. The summed E-state index contributed by atoms with van der Waals surface area (Å²) in [4.78, 5) is 27.6. The van der Waals surface area contributed by atoms with E-state index in [-0.39, 0.29) is 36.0 Å². The summed E-state index contributed by atoms with van der Waals surface area (Å²) < 4.78 is 19.5. The molecule has 1 heterocycles. The van der Waals surface area contributed by atoms with Crippen LogP contribution in [-0.4, -0.2) is 48.1 Å². The van der Waals surface area contributed by atoms with E-state index in [1.807, 2.05) is 0 Å². The van der Waals surface area contributed by atoms with Crippen LogP contribution < -0.4 is 15.4 Å². The number of H-pyrrole nitrogens is 1. The molecule has 1 aromatic heterocycles. The van der Waals surface area contributed by atoms with E-state index in [9.17, 15) is 14.0 Å². The van der Waals surface area contributed by atoms with E-state index >= 15 is 0 Å². The molecule has 27 heavy (non-hydrogen) atoms. The number of anilines is 1. The highest BCUT2D eigenvalue weighted by Crippen LogP contribution is 2.26. The van der Waals surface area contributed by atoms with Crippen molar-refractivity contribution in [2.24, 2.45) is 0 Å². The fourth-order valence-electron chi connectivity index (χ4n) is 3.04. The molecule has 144 valence electrons. The third-order valence-corrected chi connectivity index (χ3v) is 4.33. The highest BCUT2D eigenvalue weighted by Gasteiger charge is 2.26. The minimum absolute atomic E-state index is 0.0265. The largest absolute Gasteiger partial charge is 0.489 e. The second-order valence-electron chi connectivity index (χ2n) is 6.25. The number of aliphatic hydroxyl groups is 1. The van der Waals surface area contributed by atoms with Crippen LogP contribution >= 0.6 is 0 Å². The van der Waals surface area contributed by atoms with E-state index in [0.29, 0.717) is 25.1 Å². The second-order valence-corrected chi connectivity index (χ2v) is 6.25. The Balaban J connectivity index is 1.63. The van der Waals surface area contributed by atoms with Gasteiger partial charge < -0.3 is 25.5 Å². The lowest BCUT2D eigenvalue weighted by molar-refractivity contribution is 0.0956. The lowest BCUT2D eigenvalue weighted by Crippen LogP contribution is -2.24. The van der Waals surface area contributed by atoms with Crippen molar-refractivity contribution in [1.82, 2.24) is 10.3 Å². The number of nitrogens with one attached hydrogen (secondary N) is 3. The molecule has 8 heteroatoms. The zero-order chi connectivity index (χ0) is 19.2. The number of aryl methyl sites for hydroxylation is 1. The lowest BCUT2D eigenvalue weighted by Gasteiger charge is -2.12. The van der Waals surface area contributed by atoms with Gasteiger partial charge in [0, 0.05) is 43.2 Å². The van der Waals surface area contributed by atoms with Gasteiger partial charge in [-0.15, -0.1) is 0 Å². The molecule has 4 N–H and O–H groups in total. The molecule has 0 saturated carbocycles. The molecule has 0 unspecified atom stereocenters. The Morgan fingerprint density at radius 3 is 2.93 bits per heavy atom. The average molecular weight is 375 g/mol. The van der Waals surface area contributed by atoms with Crippen molar-refractivity contribution in [1.29, 1.82) is 0 Å². The Bertz CT molecular complexity index is 834. The minimum atomic E-state index is -0.595. The van der Waals surface area contributed by atoms with Crippen molar-refractivity contribution in [3.05, 3.63) is 47.0 Å². The number of aromatic amines is 1. The number of ketones is 1. The van der Waals surface area contributed by atoms with E-state index in [2.05, 4.69) is 15.6 Å². The summed E-state index contributed by atoms with van der Waals surface area (Å²) in [6.07, 6.45) is 3.47. The van der Waals surface area contributed by atoms with Crippen LogP contribution in [0.1, 0.15) is 39.3 Å². The number of carbonyl (C=O) groups excluding carboxylic acids is 2. The van der Waals surface area contributed by atoms with Gasteiger partial charge in [0.05, 0.1) is 17.7 Å². The zero-order valence-electron chi connectivity index (χ0n) is 14.8. The van der Waals surface area contributed by atoms with Crippen molar-refractivity contribution in [3.63, 3.8) is 0 Å². The van der Waals surface area contributed by atoms with Crippen LogP contribution in [-0.2, 0) is 6.42 Å². The van der Waals surface area contributed by atoms with E-state index in [0.717, 1.165) is 18.5 Å². The average Bonchev–Trinajstić information content (AvgIpc) is 3.09. The number of rotatable bonds is 8. The zero-order valence-corrected chi connectivity index (χ0v) is 14.8. The lowest BCUT2D eigenvalue weighted by atomic mass is 9.93. The Kier molecular flexibility index (Phi) is 6.20. The van der Waals surface area contributed by atoms with Crippen molar-refractivity contribution in [2.75, 3.05) is 31.6 Å². The van der Waals surface area contributed by atoms with Gasteiger partial charge in [-0.25, -0.2) is 4.39 Å². The van der Waals surface area contributed by atoms with Crippen LogP contribution in [0, 0.1) is 5.82 Å². The maximum absolute atomic E-state index is 14.2. The Morgan fingerprint density at radius 2 is 2.15 bits per heavy atom. The van der Waals surface area contributed by atoms with Crippen LogP contribution in [0.15, 0.2) is 24.4 Å². The van der Waals surface area contributed by atoms with Crippen LogP contribution in [0.4, 0.5) is 10.1 Å². The van der Waals surface area contributed by atoms with Gasteiger partial charge in [-0.1, -0.05) is 0 Å². The molecule has 1 aliphatic carbocycles. The maximum Gasteiger partial charge on any atom is 0.257 e. The van der Waals surface area contributed by atoms with E-state index in [4.69, 9.17) is 9.84 Å². The van der Waals surface area contributed by atoms with Gasteiger partial charge in [0.1, 0.15) is 6.61 Å². The van der Waals surface area contributed by atoms with Gasteiger partial charge >= 0.3 is 0 Å². The maximum atomic E-state index is 14.2. The minimum Gasteiger partial charge on any atom is -0.489 e. The number of halogens is 1. The van der Waals surface area contributed by atoms with Gasteiger partial charge in [-0.05, 0) is 25.0 Å². The number of aromatic nitrogens is 1. The first-order valence-corrected chi connectivity index (χ1v) is 8.89. The molecule has 0 spiro atoms. The number of hydrogen-bond acceptors (Lipinski definition) is 5. The smallest absolute Gasteiger partial charge is 0.257 e. The van der Waals surface area contributed by atoms with Crippen LogP contribution in [0.3, 0.4) is 0 Å².